The molecular weight excluding hydrogens is 375 g/mol. The maximum atomic E-state index is 12.5. The number of methoxy groups -OCH3 is 1. The molecule has 0 unspecified atom stereocenters. The summed E-state index contributed by atoms with van der Waals surface area (Å²) in [7, 11) is -3.59. The second-order valence-electron chi connectivity index (χ2n) is 6.00. The van der Waals surface area contributed by atoms with Gasteiger partial charge in [0, 0.05) is 18.0 Å². The molecule has 1 aromatic rings. The van der Waals surface area contributed by atoms with Crippen LogP contribution in [-0.4, -0.2) is 39.4 Å². The maximum Gasteiger partial charge on any atom is 0.406 e. The van der Waals surface area contributed by atoms with E-state index in [1.54, 1.807) is 13.0 Å². The lowest BCUT2D eigenvalue weighted by molar-refractivity contribution is -0.121. The molecule has 2 rings (SSSR count). The molecule has 0 fully saturated rings. The molecule has 26 heavy (non-hydrogen) atoms. The fourth-order valence-corrected chi connectivity index (χ4v) is 3.76. The van der Waals surface area contributed by atoms with Gasteiger partial charge in [-0.05, 0) is 30.9 Å². The molecule has 0 radical (unpaired) electrons. The molecule has 1 amide bonds. The molecule has 0 saturated carbocycles. The first kappa shape index (κ1) is 20.3. The average Bonchev–Trinajstić information content (AvgIpc) is 2.52. The number of benzene rings is 1. The number of amides is 1. The molecule has 0 heterocycles. The van der Waals surface area contributed by atoms with Crippen LogP contribution in [-0.2, 0) is 27.8 Å². The quantitative estimate of drug-likeness (QED) is 0.748. The molecule has 1 aromatic carbocycles. The van der Waals surface area contributed by atoms with E-state index in [0.717, 1.165) is 0 Å². The minimum Gasteiger partial charge on any atom is -0.493 e. The summed E-state index contributed by atoms with van der Waals surface area (Å²) in [5, 5.41) is 2.86. The SMILES string of the molecule is CCC(=O)N[C@H]1CCc2c(ccc(OC)c2OS(=O)(=O)CC(F)(F)F)C1. The molecule has 0 saturated heterocycles. The second-order valence-corrected chi connectivity index (χ2v) is 7.57. The van der Waals surface area contributed by atoms with Crippen LogP contribution in [0.15, 0.2) is 12.1 Å². The van der Waals surface area contributed by atoms with Crippen LogP contribution < -0.4 is 14.2 Å². The van der Waals surface area contributed by atoms with Crippen LogP contribution >= 0.6 is 0 Å². The van der Waals surface area contributed by atoms with Gasteiger partial charge in [-0.2, -0.15) is 21.6 Å². The van der Waals surface area contributed by atoms with Gasteiger partial charge in [0.15, 0.2) is 17.3 Å². The van der Waals surface area contributed by atoms with E-state index in [1.807, 2.05) is 0 Å². The smallest absolute Gasteiger partial charge is 0.406 e. The number of nitrogens with one attached hydrogen (secondary N) is 1. The molecule has 1 aliphatic carbocycles. The largest absolute Gasteiger partial charge is 0.493 e. The highest BCUT2D eigenvalue weighted by Gasteiger charge is 2.38. The fraction of sp³-hybridized carbons (Fsp3) is 0.562. The van der Waals surface area contributed by atoms with Gasteiger partial charge in [0.25, 0.3) is 0 Å². The zero-order valence-corrected chi connectivity index (χ0v) is 15.2. The van der Waals surface area contributed by atoms with Crippen molar-refractivity contribution in [2.24, 2.45) is 0 Å². The number of fused-ring (bicyclic) bond motifs is 1. The van der Waals surface area contributed by atoms with Crippen LogP contribution in [0.2, 0.25) is 0 Å². The summed E-state index contributed by atoms with van der Waals surface area (Å²) in [5.74, 6) is -2.35. The van der Waals surface area contributed by atoms with Crippen molar-refractivity contribution in [2.45, 2.75) is 44.8 Å². The van der Waals surface area contributed by atoms with E-state index >= 15 is 0 Å². The van der Waals surface area contributed by atoms with Gasteiger partial charge in [-0.15, -0.1) is 0 Å². The van der Waals surface area contributed by atoms with E-state index in [0.29, 0.717) is 36.8 Å². The Hall–Kier alpha value is -1.97. The first-order valence-corrected chi connectivity index (χ1v) is 9.59. The number of hydrogen-bond acceptors (Lipinski definition) is 5. The number of hydrogen-bond donors (Lipinski definition) is 1. The first-order valence-electron chi connectivity index (χ1n) is 8.01. The number of rotatable bonds is 6. The van der Waals surface area contributed by atoms with Gasteiger partial charge in [0.05, 0.1) is 7.11 Å². The molecule has 0 bridgehead atoms. The summed E-state index contributed by atoms with van der Waals surface area (Å²) in [6.45, 7) is 1.73. The third-order valence-corrected chi connectivity index (χ3v) is 5.09. The van der Waals surface area contributed by atoms with E-state index in [1.165, 1.54) is 13.2 Å². The van der Waals surface area contributed by atoms with Crippen LogP contribution in [0.5, 0.6) is 11.5 Å². The van der Waals surface area contributed by atoms with Crippen molar-refractivity contribution in [1.82, 2.24) is 5.32 Å². The highest BCUT2D eigenvalue weighted by Crippen LogP contribution is 2.39. The summed E-state index contributed by atoms with van der Waals surface area (Å²) in [4.78, 5) is 11.5. The molecule has 0 spiro atoms. The highest BCUT2D eigenvalue weighted by atomic mass is 32.2. The summed E-state index contributed by atoms with van der Waals surface area (Å²) in [5.41, 5.74) is 1.19. The number of ether oxygens (including phenoxy) is 1. The van der Waals surface area contributed by atoms with Crippen molar-refractivity contribution in [2.75, 3.05) is 12.9 Å². The lowest BCUT2D eigenvalue weighted by atomic mass is 9.87. The van der Waals surface area contributed by atoms with Crippen molar-refractivity contribution in [1.29, 1.82) is 0 Å². The first-order chi connectivity index (χ1) is 12.0. The van der Waals surface area contributed by atoms with Crippen molar-refractivity contribution in [3.05, 3.63) is 23.3 Å². The van der Waals surface area contributed by atoms with E-state index in [4.69, 9.17) is 8.92 Å². The molecule has 146 valence electrons. The Morgan fingerprint density at radius 1 is 1.35 bits per heavy atom. The van der Waals surface area contributed by atoms with Gasteiger partial charge in [0.1, 0.15) is 0 Å². The molecule has 1 N–H and O–H groups in total. The number of carbonyl (C=O) groups is 1. The van der Waals surface area contributed by atoms with Crippen molar-refractivity contribution in [3.8, 4) is 11.5 Å². The molecule has 0 aliphatic heterocycles. The van der Waals surface area contributed by atoms with E-state index in [-0.39, 0.29) is 23.4 Å². The zero-order chi connectivity index (χ0) is 19.5. The summed E-state index contributed by atoms with van der Waals surface area (Å²) in [6.07, 6.45) is -3.27. The Balaban J connectivity index is 2.30. The molecule has 0 aromatic heterocycles. The Morgan fingerprint density at radius 3 is 2.62 bits per heavy atom. The monoisotopic (exact) mass is 395 g/mol. The van der Waals surface area contributed by atoms with Crippen molar-refractivity contribution in [3.63, 3.8) is 0 Å². The van der Waals surface area contributed by atoms with Gasteiger partial charge in [-0.25, -0.2) is 0 Å². The van der Waals surface area contributed by atoms with E-state index < -0.39 is 22.0 Å². The maximum absolute atomic E-state index is 12.5. The zero-order valence-electron chi connectivity index (χ0n) is 14.4. The predicted octanol–water partition coefficient (Wildman–Crippen LogP) is 2.35. The molecule has 1 aliphatic rings. The summed E-state index contributed by atoms with van der Waals surface area (Å²) < 4.78 is 70.7. The van der Waals surface area contributed by atoms with Gasteiger partial charge in [0.2, 0.25) is 5.91 Å². The van der Waals surface area contributed by atoms with Gasteiger partial charge < -0.3 is 14.2 Å². The predicted molar refractivity (Wildman–Crippen MR) is 87.7 cm³/mol. The van der Waals surface area contributed by atoms with E-state index in [9.17, 15) is 26.4 Å². The lowest BCUT2D eigenvalue weighted by Gasteiger charge is -2.27. The van der Waals surface area contributed by atoms with Crippen LogP contribution in [0.3, 0.4) is 0 Å². The van der Waals surface area contributed by atoms with E-state index in [2.05, 4.69) is 5.32 Å². The van der Waals surface area contributed by atoms with Gasteiger partial charge in [-0.1, -0.05) is 13.0 Å². The van der Waals surface area contributed by atoms with Crippen LogP contribution in [0, 0.1) is 0 Å². The Bertz CT molecular complexity index is 777. The third kappa shape index (κ3) is 5.26. The van der Waals surface area contributed by atoms with Crippen molar-refractivity contribution >= 4 is 16.0 Å². The summed E-state index contributed by atoms with van der Waals surface area (Å²) >= 11 is 0. The van der Waals surface area contributed by atoms with Crippen LogP contribution in [0.1, 0.15) is 30.9 Å². The Labute approximate surface area is 149 Å². The van der Waals surface area contributed by atoms with Gasteiger partial charge in [-0.3, -0.25) is 4.79 Å². The van der Waals surface area contributed by atoms with Crippen LogP contribution in [0.4, 0.5) is 13.2 Å². The average molecular weight is 395 g/mol. The highest BCUT2D eigenvalue weighted by molar-refractivity contribution is 7.87. The minimum atomic E-state index is -4.91. The lowest BCUT2D eigenvalue weighted by Crippen LogP contribution is -2.38. The molecule has 10 heteroatoms. The Kier molecular flexibility index (Phi) is 6.05. The standard InChI is InChI=1S/C16H20F3NO5S/c1-3-14(21)20-11-5-6-12-10(8-11)4-7-13(24-2)15(12)25-26(22,23)9-16(17,18)19/h4,7,11H,3,5-6,8-9H2,1-2H3,(H,20,21)/t11-/m0/s1. The number of alkyl halides is 3. The molecule has 1 atom stereocenters. The normalized spacial score (nSPS) is 17.3. The second kappa shape index (κ2) is 7.73. The minimum absolute atomic E-state index is 0.0468. The van der Waals surface area contributed by atoms with Crippen molar-refractivity contribution < 1.29 is 35.3 Å². The third-order valence-electron chi connectivity index (χ3n) is 3.99. The molecule has 6 nitrogen and oxygen atoms in total. The topological polar surface area (TPSA) is 81.7 Å². The van der Waals surface area contributed by atoms with Gasteiger partial charge >= 0.3 is 16.3 Å². The van der Waals surface area contributed by atoms with Crippen LogP contribution in [0.25, 0.3) is 0 Å². The number of carbonyl (C=O) groups excluding carboxylic acids is 1. The fourth-order valence-electron chi connectivity index (χ4n) is 2.86. The Morgan fingerprint density at radius 2 is 2.04 bits per heavy atom. The number of halogens is 3. The summed E-state index contributed by atoms with van der Waals surface area (Å²) in [6, 6.07) is 3.02. The molecular formula is C16H20F3NO5S.